The van der Waals surface area contributed by atoms with Crippen molar-refractivity contribution in [2.45, 2.75) is 38.6 Å². The van der Waals surface area contributed by atoms with E-state index >= 15 is 0 Å². The summed E-state index contributed by atoms with van der Waals surface area (Å²) in [6, 6.07) is 6.50. The normalized spacial score (nSPS) is 13.9. The van der Waals surface area contributed by atoms with Gasteiger partial charge in [-0.05, 0) is 42.4 Å². The van der Waals surface area contributed by atoms with E-state index in [9.17, 15) is 9.18 Å². The van der Waals surface area contributed by atoms with Crippen LogP contribution in [0.15, 0.2) is 28.4 Å². The molecule has 142 valence electrons. The van der Waals surface area contributed by atoms with E-state index in [-0.39, 0.29) is 12.1 Å². The fourth-order valence-corrected chi connectivity index (χ4v) is 4.84. The van der Waals surface area contributed by atoms with Gasteiger partial charge < -0.3 is 4.74 Å². The van der Waals surface area contributed by atoms with Gasteiger partial charge in [0.1, 0.15) is 17.3 Å². The fraction of sp³-hybridized carbons (Fsp3) is 0.429. The minimum absolute atomic E-state index is 0.0281. The van der Waals surface area contributed by atoms with E-state index in [0.29, 0.717) is 29.1 Å². The molecule has 0 saturated heterocycles. The summed E-state index contributed by atoms with van der Waals surface area (Å²) in [5, 5.41) is 2.61. The Balaban J connectivity index is 1.85. The zero-order chi connectivity index (χ0) is 18.8. The highest BCUT2D eigenvalue weighted by molar-refractivity contribution is 7.17. The number of halogens is 1. The summed E-state index contributed by atoms with van der Waals surface area (Å²) in [7, 11) is 1.61. The highest BCUT2D eigenvalue weighted by Gasteiger charge is 2.18. The van der Waals surface area contributed by atoms with Crippen LogP contribution in [0, 0.1) is 0 Å². The van der Waals surface area contributed by atoms with Gasteiger partial charge in [0.25, 0.3) is 5.56 Å². The third-order valence-electron chi connectivity index (χ3n) is 5.27. The van der Waals surface area contributed by atoms with Crippen LogP contribution in [0.25, 0.3) is 21.3 Å². The van der Waals surface area contributed by atoms with E-state index < -0.39 is 6.67 Å². The number of nitrogens with zero attached hydrogens (tertiary/aromatic N) is 2. The van der Waals surface area contributed by atoms with Gasteiger partial charge in [-0.1, -0.05) is 18.2 Å². The van der Waals surface area contributed by atoms with E-state index in [2.05, 4.69) is 23.2 Å². The topological polar surface area (TPSA) is 44.1 Å². The second-order valence-electron chi connectivity index (χ2n) is 6.94. The molecule has 0 unspecified atom stereocenters. The van der Waals surface area contributed by atoms with Crippen LogP contribution in [0.1, 0.15) is 29.8 Å². The van der Waals surface area contributed by atoms with Crippen LogP contribution in [0.2, 0.25) is 0 Å². The largest absolute Gasteiger partial charge is 0.384 e. The van der Waals surface area contributed by atoms with Crippen LogP contribution in [0.3, 0.4) is 0 Å². The van der Waals surface area contributed by atoms with Crippen molar-refractivity contribution >= 4 is 21.6 Å². The van der Waals surface area contributed by atoms with Gasteiger partial charge in [0.2, 0.25) is 0 Å². The van der Waals surface area contributed by atoms with Gasteiger partial charge in [-0.2, -0.15) is 0 Å². The Morgan fingerprint density at radius 1 is 1.26 bits per heavy atom. The predicted octanol–water partition coefficient (Wildman–Crippen LogP) is 4.16. The maximum Gasteiger partial charge on any atom is 0.262 e. The Labute approximate surface area is 161 Å². The Hall–Kier alpha value is -2.05. The van der Waals surface area contributed by atoms with Crippen LogP contribution in [-0.4, -0.2) is 29.9 Å². The minimum Gasteiger partial charge on any atom is -0.384 e. The predicted molar refractivity (Wildman–Crippen MR) is 108 cm³/mol. The molecule has 0 spiro atoms. The SMILES string of the molecule is COCCc1nc2scc(-c3ccc4c(c3)CCCC4)c2c(=O)n1CCF. The molecule has 3 aromatic rings. The number of ether oxygens (including phenoxy) is 1. The summed E-state index contributed by atoms with van der Waals surface area (Å²) in [6.07, 6.45) is 5.18. The van der Waals surface area contributed by atoms with Crippen LogP contribution in [-0.2, 0) is 30.5 Å². The molecule has 0 saturated carbocycles. The first kappa shape index (κ1) is 18.3. The summed E-state index contributed by atoms with van der Waals surface area (Å²) in [5.41, 5.74) is 4.60. The summed E-state index contributed by atoms with van der Waals surface area (Å²) in [5.74, 6) is 0.589. The standard InChI is InChI=1S/C21H23FN2O2S/c1-26-11-8-18-23-20-19(21(25)24(18)10-9-22)17(13-27-20)16-7-6-14-4-2-3-5-15(14)12-16/h6-7,12-13H,2-5,8-11H2,1H3. The molecule has 0 amide bonds. The number of aryl methyl sites for hydroxylation is 2. The van der Waals surface area contributed by atoms with E-state index in [0.717, 1.165) is 24.0 Å². The van der Waals surface area contributed by atoms with Gasteiger partial charge in [-0.3, -0.25) is 9.36 Å². The van der Waals surface area contributed by atoms with Gasteiger partial charge in [-0.25, -0.2) is 9.37 Å². The van der Waals surface area contributed by atoms with Crippen LogP contribution in [0.5, 0.6) is 0 Å². The lowest BCUT2D eigenvalue weighted by molar-refractivity contribution is 0.199. The monoisotopic (exact) mass is 386 g/mol. The lowest BCUT2D eigenvalue weighted by atomic mass is 9.89. The van der Waals surface area contributed by atoms with E-state index in [1.807, 2.05) is 5.38 Å². The van der Waals surface area contributed by atoms with Crippen molar-refractivity contribution in [1.82, 2.24) is 9.55 Å². The van der Waals surface area contributed by atoms with Crippen LogP contribution >= 0.6 is 11.3 Å². The number of hydrogen-bond acceptors (Lipinski definition) is 4. The van der Waals surface area contributed by atoms with E-state index in [4.69, 9.17) is 4.74 Å². The average molecular weight is 386 g/mol. The smallest absolute Gasteiger partial charge is 0.262 e. The molecule has 0 radical (unpaired) electrons. The summed E-state index contributed by atoms with van der Waals surface area (Å²) < 4.78 is 19.7. The Morgan fingerprint density at radius 2 is 2.07 bits per heavy atom. The second-order valence-corrected chi connectivity index (χ2v) is 7.79. The van der Waals surface area contributed by atoms with E-state index in [1.165, 1.54) is 39.9 Å². The molecule has 0 N–H and O–H groups in total. The number of thiophene rings is 1. The highest BCUT2D eigenvalue weighted by Crippen LogP contribution is 2.33. The van der Waals surface area contributed by atoms with Crippen LogP contribution < -0.4 is 5.56 Å². The van der Waals surface area contributed by atoms with Crippen molar-refractivity contribution < 1.29 is 9.13 Å². The number of hydrogen-bond donors (Lipinski definition) is 0. The van der Waals surface area contributed by atoms with Crippen molar-refractivity contribution in [1.29, 1.82) is 0 Å². The lowest BCUT2D eigenvalue weighted by Gasteiger charge is -2.16. The number of rotatable bonds is 6. The number of fused-ring (bicyclic) bond motifs is 2. The Bertz CT molecular complexity index is 1020. The molecule has 1 aliphatic rings. The molecule has 0 fully saturated rings. The summed E-state index contributed by atoms with van der Waals surface area (Å²) >= 11 is 1.48. The maximum absolute atomic E-state index is 13.2. The maximum atomic E-state index is 13.2. The first-order valence-electron chi connectivity index (χ1n) is 9.41. The molecule has 0 bridgehead atoms. The Morgan fingerprint density at radius 3 is 2.85 bits per heavy atom. The second kappa shape index (κ2) is 7.90. The third-order valence-corrected chi connectivity index (χ3v) is 6.14. The first-order valence-corrected chi connectivity index (χ1v) is 10.3. The summed E-state index contributed by atoms with van der Waals surface area (Å²) in [6.45, 7) is -0.112. The molecule has 1 aromatic carbocycles. The van der Waals surface area contributed by atoms with Gasteiger partial charge in [0.15, 0.2) is 0 Å². The molecule has 2 aromatic heterocycles. The van der Waals surface area contributed by atoms with E-state index in [1.54, 1.807) is 7.11 Å². The molecule has 0 atom stereocenters. The molecule has 27 heavy (non-hydrogen) atoms. The molecule has 2 heterocycles. The average Bonchev–Trinajstić information content (AvgIpc) is 3.12. The number of aromatic nitrogens is 2. The summed E-state index contributed by atoms with van der Waals surface area (Å²) in [4.78, 5) is 18.5. The molecular weight excluding hydrogens is 363 g/mol. The number of benzene rings is 1. The van der Waals surface area contributed by atoms with Gasteiger partial charge >= 0.3 is 0 Å². The van der Waals surface area contributed by atoms with Gasteiger partial charge in [0.05, 0.1) is 18.5 Å². The van der Waals surface area contributed by atoms with Crippen molar-refractivity contribution in [2.24, 2.45) is 0 Å². The molecule has 4 rings (SSSR count). The molecular formula is C21H23FN2O2S. The van der Waals surface area contributed by atoms with Crippen molar-refractivity contribution in [3.05, 3.63) is 50.9 Å². The fourth-order valence-electron chi connectivity index (χ4n) is 3.88. The van der Waals surface area contributed by atoms with Crippen LogP contribution in [0.4, 0.5) is 4.39 Å². The minimum atomic E-state index is -0.592. The first-order chi connectivity index (χ1) is 13.2. The third kappa shape index (κ3) is 3.44. The molecule has 6 heteroatoms. The molecule has 0 aliphatic heterocycles. The zero-order valence-electron chi connectivity index (χ0n) is 15.5. The zero-order valence-corrected chi connectivity index (χ0v) is 16.3. The van der Waals surface area contributed by atoms with Crippen molar-refractivity contribution in [3.8, 4) is 11.1 Å². The Kier molecular flexibility index (Phi) is 5.36. The number of methoxy groups -OCH3 is 1. The van der Waals surface area contributed by atoms with Gasteiger partial charge in [0, 0.05) is 24.5 Å². The molecule has 1 aliphatic carbocycles. The molecule has 4 nitrogen and oxygen atoms in total. The lowest BCUT2D eigenvalue weighted by Crippen LogP contribution is -2.26. The van der Waals surface area contributed by atoms with Gasteiger partial charge in [-0.15, -0.1) is 11.3 Å². The van der Waals surface area contributed by atoms with Crippen molar-refractivity contribution in [3.63, 3.8) is 0 Å². The highest BCUT2D eigenvalue weighted by atomic mass is 32.1. The quantitative estimate of drug-likeness (QED) is 0.639. The van der Waals surface area contributed by atoms with Crippen molar-refractivity contribution in [2.75, 3.05) is 20.4 Å². The number of alkyl halides is 1.